The Morgan fingerprint density at radius 2 is 1.64 bits per heavy atom. The number of rotatable bonds is 6. The number of alkyl halides is 2. The number of carbonyl (C=O) groups excluding carboxylic acids is 2. The smallest absolute Gasteiger partial charge is 0.338 e. The average molecular weight is 509 g/mol. The van der Waals surface area contributed by atoms with Crippen LogP contribution < -0.4 is 4.74 Å². The van der Waals surface area contributed by atoms with Crippen molar-refractivity contribution in [2.45, 2.75) is 44.1 Å². The minimum Gasteiger partial charge on any atom is -0.497 e. The lowest BCUT2D eigenvalue weighted by atomic mass is 9.77. The van der Waals surface area contributed by atoms with Gasteiger partial charge < -0.3 is 33.5 Å². The first-order chi connectivity index (χ1) is 15.6. The van der Waals surface area contributed by atoms with Gasteiger partial charge in [-0.05, 0) is 31.0 Å². The van der Waals surface area contributed by atoms with Crippen LogP contribution in [0.2, 0.25) is 0 Å². The summed E-state index contributed by atoms with van der Waals surface area (Å²) in [6, 6.07) is 6.67. The summed E-state index contributed by atoms with van der Waals surface area (Å²) < 4.78 is 32.7. The van der Waals surface area contributed by atoms with Gasteiger partial charge in [-0.25, -0.2) is 4.79 Å². The van der Waals surface area contributed by atoms with E-state index in [0.29, 0.717) is 17.7 Å². The van der Waals surface area contributed by atoms with Crippen molar-refractivity contribution in [2.75, 3.05) is 33.3 Å². The highest BCUT2D eigenvalue weighted by Crippen LogP contribution is 2.44. The summed E-state index contributed by atoms with van der Waals surface area (Å²) in [5.74, 6) is -5.30. The monoisotopic (exact) mass is 508 g/mol. The third kappa shape index (κ3) is 5.72. The summed E-state index contributed by atoms with van der Waals surface area (Å²) in [5.41, 5.74) is 0.491. The zero-order valence-electron chi connectivity index (χ0n) is 19.2. The number of aliphatic hydroxyl groups is 1. The summed E-state index contributed by atoms with van der Waals surface area (Å²) >= 11 is 9.53. The van der Waals surface area contributed by atoms with Crippen LogP contribution in [0.3, 0.4) is 0 Å². The Labute approximate surface area is 203 Å². The largest absolute Gasteiger partial charge is 0.497 e. The van der Waals surface area contributed by atoms with Gasteiger partial charge in [-0.2, -0.15) is 0 Å². The zero-order chi connectivity index (χ0) is 24.8. The molecule has 1 aromatic carbocycles. The van der Waals surface area contributed by atoms with Crippen LogP contribution in [0.1, 0.15) is 31.9 Å². The Morgan fingerprint density at radius 3 is 2.15 bits per heavy atom. The summed E-state index contributed by atoms with van der Waals surface area (Å²) in [7, 11) is 4.32. The second kappa shape index (κ2) is 11.7. The predicted molar refractivity (Wildman–Crippen MR) is 119 cm³/mol. The highest BCUT2D eigenvalue weighted by molar-refractivity contribution is 6.40. The van der Waals surface area contributed by atoms with Crippen molar-refractivity contribution in [3.8, 4) is 5.75 Å². The van der Waals surface area contributed by atoms with Crippen LogP contribution in [0.5, 0.6) is 5.75 Å². The molecule has 1 N–H and O–H groups in total. The highest BCUT2D eigenvalue weighted by atomic mass is 35.5. The second-order valence-corrected chi connectivity index (χ2v) is 8.53. The molecular weight excluding hydrogens is 479 g/mol. The molecule has 0 aromatic heterocycles. The molecule has 186 valence electrons. The molecule has 2 aliphatic heterocycles. The van der Waals surface area contributed by atoms with Gasteiger partial charge in [-0.1, -0.05) is 12.1 Å². The van der Waals surface area contributed by atoms with Crippen LogP contribution in [-0.4, -0.2) is 68.0 Å². The summed E-state index contributed by atoms with van der Waals surface area (Å²) in [6.45, 7) is 3.23. The predicted octanol–water partition coefficient (Wildman–Crippen LogP) is 3.00. The minimum absolute atomic E-state index is 0.105. The van der Waals surface area contributed by atoms with Gasteiger partial charge in [0, 0.05) is 27.1 Å². The van der Waals surface area contributed by atoms with E-state index >= 15 is 0 Å². The zero-order valence-corrected chi connectivity index (χ0v) is 20.7. The van der Waals surface area contributed by atoms with E-state index in [-0.39, 0.29) is 11.9 Å². The number of ether oxygens (including phenoxy) is 6. The SMILES string of the molecule is COc1ccc([C@@H](O)[C@H]2C(=O)OCC[C@@H]2[C@H]2O[C@](C)(OC)[C@@](C)(OC)OC2=O)cc1.ClCCl. The van der Waals surface area contributed by atoms with Crippen LogP contribution in [0.15, 0.2) is 24.3 Å². The van der Waals surface area contributed by atoms with Gasteiger partial charge in [0.05, 0.1) is 31.1 Å². The van der Waals surface area contributed by atoms with Gasteiger partial charge in [0.1, 0.15) is 5.75 Å². The quantitative estimate of drug-likeness (QED) is 0.457. The Bertz CT molecular complexity index is 806. The molecule has 0 aliphatic carbocycles. The molecule has 11 heteroatoms. The Kier molecular flexibility index (Phi) is 9.78. The summed E-state index contributed by atoms with van der Waals surface area (Å²) in [4.78, 5) is 25.5. The summed E-state index contributed by atoms with van der Waals surface area (Å²) in [5, 5.41) is 11.2. The summed E-state index contributed by atoms with van der Waals surface area (Å²) in [6.07, 6.45) is -2.05. The van der Waals surface area contributed by atoms with Crippen LogP contribution in [-0.2, 0) is 33.3 Å². The molecule has 2 fully saturated rings. The number of hydrogen-bond donors (Lipinski definition) is 1. The van der Waals surface area contributed by atoms with E-state index in [2.05, 4.69) is 0 Å². The maximum atomic E-state index is 12.8. The van der Waals surface area contributed by atoms with E-state index in [4.69, 9.17) is 51.6 Å². The molecule has 0 radical (unpaired) electrons. The number of esters is 2. The first kappa shape index (κ1) is 27.6. The molecule has 2 heterocycles. The normalized spacial score (nSPS) is 32.7. The number of methoxy groups -OCH3 is 3. The molecule has 0 spiro atoms. The fourth-order valence-electron chi connectivity index (χ4n) is 3.92. The molecule has 6 atom stereocenters. The van der Waals surface area contributed by atoms with E-state index in [1.165, 1.54) is 28.3 Å². The third-order valence-electron chi connectivity index (χ3n) is 6.10. The molecule has 3 rings (SSSR count). The second-order valence-electron chi connectivity index (χ2n) is 7.72. The molecule has 0 amide bonds. The molecule has 0 unspecified atom stereocenters. The Balaban J connectivity index is 0.00000122. The molecular formula is C22H30Cl2O9. The Morgan fingerprint density at radius 1 is 1.06 bits per heavy atom. The van der Waals surface area contributed by atoms with Crippen LogP contribution in [0.4, 0.5) is 0 Å². The van der Waals surface area contributed by atoms with E-state index in [1.807, 2.05) is 0 Å². The van der Waals surface area contributed by atoms with Gasteiger partial charge in [-0.15, -0.1) is 23.2 Å². The third-order valence-corrected chi connectivity index (χ3v) is 6.10. The maximum absolute atomic E-state index is 12.8. The fraction of sp³-hybridized carbons (Fsp3) is 0.636. The molecule has 0 bridgehead atoms. The van der Waals surface area contributed by atoms with Crippen molar-refractivity contribution in [1.29, 1.82) is 0 Å². The number of carbonyl (C=O) groups is 2. The number of cyclic esters (lactones) is 2. The molecule has 9 nitrogen and oxygen atoms in total. The number of aliphatic hydroxyl groups excluding tert-OH is 1. The number of benzene rings is 1. The maximum Gasteiger partial charge on any atom is 0.338 e. The first-order valence-electron chi connectivity index (χ1n) is 10.2. The molecule has 2 aliphatic rings. The fourth-order valence-corrected chi connectivity index (χ4v) is 3.92. The van der Waals surface area contributed by atoms with Gasteiger partial charge >= 0.3 is 11.9 Å². The molecule has 0 saturated carbocycles. The van der Waals surface area contributed by atoms with Gasteiger partial charge in [-0.3, -0.25) is 4.79 Å². The van der Waals surface area contributed by atoms with E-state index in [1.54, 1.807) is 31.2 Å². The van der Waals surface area contributed by atoms with Crippen LogP contribution >= 0.6 is 23.2 Å². The van der Waals surface area contributed by atoms with Crippen molar-refractivity contribution >= 4 is 35.1 Å². The molecule has 1 aromatic rings. The van der Waals surface area contributed by atoms with E-state index in [9.17, 15) is 14.7 Å². The van der Waals surface area contributed by atoms with Crippen molar-refractivity contribution in [2.24, 2.45) is 11.8 Å². The number of halogens is 2. The minimum atomic E-state index is -1.48. The Hall–Kier alpha value is -1.62. The number of hydrogen-bond acceptors (Lipinski definition) is 9. The van der Waals surface area contributed by atoms with Crippen molar-refractivity contribution in [3.63, 3.8) is 0 Å². The average Bonchev–Trinajstić information content (AvgIpc) is 2.81. The lowest BCUT2D eigenvalue weighted by molar-refractivity contribution is -0.410. The van der Waals surface area contributed by atoms with Gasteiger partial charge in [0.2, 0.25) is 5.79 Å². The highest BCUT2D eigenvalue weighted by Gasteiger charge is 2.60. The van der Waals surface area contributed by atoms with Crippen molar-refractivity contribution in [1.82, 2.24) is 0 Å². The lowest BCUT2D eigenvalue weighted by Gasteiger charge is -2.50. The van der Waals surface area contributed by atoms with Crippen molar-refractivity contribution in [3.05, 3.63) is 29.8 Å². The van der Waals surface area contributed by atoms with E-state index in [0.717, 1.165) is 0 Å². The lowest BCUT2D eigenvalue weighted by Crippen LogP contribution is -2.66. The van der Waals surface area contributed by atoms with Crippen molar-refractivity contribution < 1.29 is 43.1 Å². The standard InChI is InChI=1S/C21H28O9.CH2Cl2/c1-20(26-4)21(2,27-5)30-19(24)17(29-20)14-10-11-28-18(23)15(14)16(22)12-6-8-13(25-3)9-7-12;2-1-3/h6-9,14-17,22H,10-11H2,1-5H3;1H2/t14-,15-,16+,17+,20-,21-;/m0./s1. The topological polar surface area (TPSA) is 110 Å². The van der Waals surface area contributed by atoms with Gasteiger partial charge in [0.15, 0.2) is 6.10 Å². The molecule has 33 heavy (non-hydrogen) atoms. The van der Waals surface area contributed by atoms with Crippen LogP contribution in [0.25, 0.3) is 0 Å². The van der Waals surface area contributed by atoms with Gasteiger partial charge in [0.25, 0.3) is 5.79 Å². The van der Waals surface area contributed by atoms with Crippen LogP contribution in [0, 0.1) is 11.8 Å². The van der Waals surface area contributed by atoms with E-state index < -0.39 is 47.6 Å². The molecule has 2 saturated heterocycles. The first-order valence-corrected chi connectivity index (χ1v) is 11.3.